The third-order valence-corrected chi connectivity index (χ3v) is 3.28. The van der Waals surface area contributed by atoms with Crippen LogP contribution in [0.2, 0.25) is 0 Å². The van der Waals surface area contributed by atoms with Crippen LogP contribution in [0.15, 0.2) is 30.3 Å². The van der Waals surface area contributed by atoms with Gasteiger partial charge in [0.1, 0.15) is 0 Å². The number of para-hydroxylation sites is 1. The van der Waals surface area contributed by atoms with Gasteiger partial charge in [0.25, 0.3) is 0 Å². The minimum atomic E-state index is 0.0835. The van der Waals surface area contributed by atoms with Crippen molar-refractivity contribution in [2.45, 2.75) is 33.6 Å². The van der Waals surface area contributed by atoms with Gasteiger partial charge in [-0.05, 0) is 25.5 Å². The number of benzene rings is 1. The van der Waals surface area contributed by atoms with Crippen LogP contribution < -0.4 is 0 Å². The molecule has 1 unspecified atom stereocenters. The number of nitrogens with zero attached hydrogens (tertiary/aromatic N) is 1. The summed E-state index contributed by atoms with van der Waals surface area (Å²) in [5.74, 6) is 0.318. The van der Waals surface area contributed by atoms with Gasteiger partial charge in [0, 0.05) is 22.6 Å². The van der Waals surface area contributed by atoms with Gasteiger partial charge < -0.3 is 0 Å². The summed E-state index contributed by atoms with van der Waals surface area (Å²) in [6.07, 6.45) is 1.98. The van der Waals surface area contributed by atoms with Crippen molar-refractivity contribution in [3.63, 3.8) is 0 Å². The van der Waals surface area contributed by atoms with Crippen LogP contribution >= 0.6 is 0 Å². The van der Waals surface area contributed by atoms with E-state index in [1.54, 1.807) is 0 Å². The Morgan fingerprint density at radius 2 is 2.06 bits per heavy atom. The second kappa shape index (κ2) is 5.30. The Morgan fingerprint density at radius 1 is 1.33 bits per heavy atom. The number of carbonyl (C=O) groups is 1. The maximum absolute atomic E-state index is 12.5. The van der Waals surface area contributed by atoms with E-state index >= 15 is 0 Å². The minimum absolute atomic E-state index is 0.0835. The van der Waals surface area contributed by atoms with Gasteiger partial charge in [-0.3, -0.25) is 9.78 Å². The fourth-order valence-corrected chi connectivity index (χ4v) is 2.34. The molecular formula is C16H19NO. The second-order valence-electron chi connectivity index (χ2n) is 4.88. The van der Waals surface area contributed by atoms with Crippen molar-refractivity contribution in [1.82, 2.24) is 4.98 Å². The molecule has 0 bridgehead atoms. The van der Waals surface area contributed by atoms with Crippen molar-refractivity contribution in [2.75, 3.05) is 0 Å². The molecule has 2 nitrogen and oxygen atoms in total. The van der Waals surface area contributed by atoms with Crippen molar-refractivity contribution in [3.8, 4) is 0 Å². The largest absolute Gasteiger partial charge is 0.294 e. The Bertz CT molecular complexity index is 574. The molecule has 0 saturated heterocycles. The number of aromatic nitrogens is 1. The maximum Gasteiger partial charge on any atom is 0.166 e. The lowest BCUT2D eigenvalue weighted by Crippen LogP contribution is -2.12. The molecular weight excluding hydrogens is 222 g/mol. The molecule has 0 aliphatic carbocycles. The molecule has 0 fully saturated rings. The van der Waals surface area contributed by atoms with Gasteiger partial charge >= 0.3 is 0 Å². The molecule has 1 heterocycles. The van der Waals surface area contributed by atoms with E-state index < -0.39 is 0 Å². The Balaban J connectivity index is 2.53. The summed E-state index contributed by atoms with van der Waals surface area (Å²) in [6, 6.07) is 9.77. The predicted molar refractivity (Wildman–Crippen MR) is 74.9 cm³/mol. The summed E-state index contributed by atoms with van der Waals surface area (Å²) in [6.45, 7) is 6.06. The first-order chi connectivity index (χ1) is 8.63. The van der Waals surface area contributed by atoms with Gasteiger partial charge in [-0.25, -0.2) is 0 Å². The summed E-state index contributed by atoms with van der Waals surface area (Å²) in [5, 5.41) is 0.969. The average Bonchev–Trinajstić information content (AvgIpc) is 2.37. The molecule has 1 atom stereocenters. The number of pyridine rings is 1. The van der Waals surface area contributed by atoms with Gasteiger partial charge in [0.05, 0.1) is 5.52 Å². The molecule has 2 aromatic rings. The van der Waals surface area contributed by atoms with Gasteiger partial charge in [-0.15, -0.1) is 0 Å². The van der Waals surface area contributed by atoms with Crippen molar-refractivity contribution in [2.24, 2.45) is 5.92 Å². The fourth-order valence-electron chi connectivity index (χ4n) is 2.34. The number of hydrogen-bond donors (Lipinski definition) is 0. The monoisotopic (exact) mass is 241 g/mol. The van der Waals surface area contributed by atoms with Crippen LogP contribution in [0, 0.1) is 12.8 Å². The summed E-state index contributed by atoms with van der Waals surface area (Å²) in [7, 11) is 0. The van der Waals surface area contributed by atoms with Crippen LogP contribution in [0.1, 0.15) is 42.7 Å². The highest BCUT2D eigenvalue weighted by molar-refractivity contribution is 6.08. The summed E-state index contributed by atoms with van der Waals surface area (Å²) in [5.41, 5.74) is 2.63. The standard InChI is InChI=1S/C16H19NO/c1-4-7-11(2)16(18)14-10-12(3)17-15-9-6-5-8-13(14)15/h5-6,8-11H,4,7H2,1-3H3. The highest BCUT2D eigenvalue weighted by Crippen LogP contribution is 2.22. The van der Waals surface area contributed by atoms with Gasteiger partial charge in [0.2, 0.25) is 0 Å². The van der Waals surface area contributed by atoms with E-state index in [2.05, 4.69) is 11.9 Å². The molecule has 1 aromatic heterocycles. The van der Waals surface area contributed by atoms with Crippen LogP contribution in [0.3, 0.4) is 0 Å². The smallest absolute Gasteiger partial charge is 0.166 e. The molecule has 0 radical (unpaired) electrons. The minimum Gasteiger partial charge on any atom is -0.294 e. The van der Waals surface area contributed by atoms with E-state index in [4.69, 9.17) is 0 Å². The molecule has 94 valence electrons. The number of Topliss-reactive ketones (excluding diaryl/α,β-unsaturated/α-hetero) is 1. The van der Waals surface area contributed by atoms with Crippen molar-refractivity contribution >= 4 is 16.7 Å². The molecule has 0 aliphatic heterocycles. The van der Waals surface area contributed by atoms with Crippen LogP contribution in [0.25, 0.3) is 10.9 Å². The number of rotatable bonds is 4. The number of aryl methyl sites for hydroxylation is 1. The Morgan fingerprint density at radius 3 is 2.78 bits per heavy atom. The number of ketones is 1. The number of hydrogen-bond acceptors (Lipinski definition) is 2. The first-order valence-corrected chi connectivity index (χ1v) is 6.54. The second-order valence-corrected chi connectivity index (χ2v) is 4.88. The lowest BCUT2D eigenvalue weighted by atomic mass is 9.93. The zero-order valence-electron chi connectivity index (χ0n) is 11.2. The fraction of sp³-hybridized carbons (Fsp3) is 0.375. The van der Waals surface area contributed by atoms with Crippen LogP contribution in [0.5, 0.6) is 0 Å². The summed E-state index contributed by atoms with van der Waals surface area (Å²) < 4.78 is 0. The zero-order valence-corrected chi connectivity index (χ0v) is 11.2. The average molecular weight is 241 g/mol. The Kier molecular flexibility index (Phi) is 3.75. The van der Waals surface area contributed by atoms with E-state index in [1.807, 2.05) is 44.2 Å². The van der Waals surface area contributed by atoms with Gasteiger partial charge in [0.15, 0.2) is 5.78 Å². The molecule has 0 aliphatic rings. The molecule has 0 N–H and O–H groups in total. The molecule has 1 aromatic carbocycles. The van der Waals surface area contributed by atoms with E-state index in [-0.39, 0.29) is 11.7 Å². The lowest BCUT2D eigenvalue weighted by molar-refractivity contribution is 0.0925. The van der Waals surface area contributed by atoms with E-state index in [9.17, 15) is 4.79 Å². The van der Waals surface area contributed by atoms with Gasteiger partial charge in [-0.2, -0.15) is 0 Å². The van der Waals surface area contributed by atoms with Crippen molar-refractivity contribution in [1.29, 1.82) is 0 Å². The molecule has 2 heteroatoms. The highest BCUT2D eigenvalue weighted by Gasteiger charge is 2.17. The third kappa shape index (κ3) is 2.42. The lowest BCUT2D eigenvalue weighted by Gasteiger charge is -2.12. The first-order valence-electron chi connectivity index (χ1n) is 6.54. The zero-order chi connectivity index (χ0) is 13.1. The summed E-state index contributed by atoms with van der Waals surface area (Å²) >= 11 is 0. The van der Waals surface area contributed by atoms with Crippen LogP contribution in [-0.4, -0.2) is 10.8 Å². The molecule has 0 saturated carbocycles. The van der Waals surface area contributed by atoms with Gasteiger partial charge in [-0.1, -0.05) is 38.5 Å². The number of fused-ring (bicyclic) bond motifs is 1. The van der Waals surface area contributed by atoms with Crippen LogP contribution in [0.4, 0.5) is 0 Å². The van der Waals surface area contributed by atoms with Crippen molar-refractivity contribution < 1.29 is 4.79 Å². The van der Waals surface area contributed by atoms with Crippen molar-refractivity contribution in [3.05, 3.63) is 41.6 Å². The topological polar surface area (TPSA) is 30.0 Å². The molecule has 18 heavy (non-hydrogen) atoms. The SMILES string of the molecule is CCCC(C)C(=O)c1cc(C)nc2ccccc12. The number of carbonyl (C=O) groups excluding carboxylic acids is 1. The van der Waals surface area contributed by atoms with Crippen LogP contribution in [-0.2, 0) is 0 Å². The quantitative estimate of drug-likeness (QED) is 0.752. The van der Waals surface area contributed by atoms with E-state index in [1.165, 1.54) is 0 Å². The van der Waals surface area contributed by atoms with E-state index in [0.717, 1.165) is 35.0 Å². The third-order valence-electron chi connectivity index (χ3n) is 3.28. The Hall–Kier alpha value is -1.70. The summed E-state index contributed by atoms with van der Waals surface area (Å²) in [4.78, 5) is 16.9. The Labute approximate surface area is 108 Å². The molecule has 0 spiro atoms. The highest BCUT2D eigenvalue weighted by atomic mass is 16.1. The first kappa shape index (κ1) is 12.7. The molecule has 0 amide bonds. The predicted octanol–water partition coefficient (Wildman–Crippen LogP) is 4.16. The normalized spacial score (nSPS) is 12.6. The maximum atomic E-state index is 12.5. The van der Waals surface area contributed by atoms with E-state index in [0.29, 0.717) is 0 Å². The molecule has 2 rings (SSSR count).